The molecule has 1 amide bonds. The molecule has 1 aliphatic rings. The molecule has 0 radical (unpaired) electrons. The average Bonchev–Trinajstić information content (AvgIpc) is 3.31. The molecule has 0 aliphatic carbocycles. The van der Waals surface area contributed by atoms with Gasteiger partial charge in [0, 0.05) is 24.7 Å². The molecule has 0 bridgehead atoms. The Morgan fingerprint density at radius 2 is 2.29 bits per heavy atom. The zero-order valence-electron chi connectivity index (χ0n) is 13.7. The van der Waals surface area contributed by atoms with E-state index in [-0.39, 0.29) is 17.9 Å². The van der Waals surface area contributed by atoms with Crippen LogP contribution in [0, 0.1) is 0 Å². The highest BCUT2D eigenvalue weighted by Crippen LogP contribution is 2.34. The Bertz CT molecular complexity index is 882. The van der Waals surface area contributed by atoms with Crippen molar-refractivity contribution in [2.45, 2.75) is 38.6 Å². The zero-order valence-corrected chi connectivity index (χ0v) is 13.7. The number of likely N-dealkylation sites (tertiary alicyclic amines) is 1. The zero-order chi connectivity index (χ0) is 16.7. The van der Waals surface area contributed by atoms with E-state index in [9.17, 15) is 4.79 Å². The summed E-state index contributed by atoms with van der Waals surface area (Å²) in [6.45, 7) is 4.84. The van der Waals surface area contributed by atoms with Gasteiger partial charge in [-0.3, -0.25) is 9.20 Å². The van der Waals surface area contributed by atoms with E-state index >= 15 is 0 Å². The van der Waals surface area contributed by atoms with E-state index in [0.717, 1.165) is 24.3 Å². The van der Waals surface area contributed by atoms with E-state index in [2.05, 4.69) is 29.2 Å². The number of amides is 1. The number of pyridine rings is 1. The van der Waals surface area contributed by atoms with Gasteiger partial charge in [0.25, 0.3) is 5.91 Å². The monoisotopic (exact) mass is 325 g/mol. The van der Waals surface area contributed by atoms with E-state index < -0.39 is 0 Å². The van der Waals surface area contributed by atoms with Crippen LogP contribution in [-0.2, 0) is 0 Å². The number of fused-ring (bicyclic) bond motifs is 1. The molecule has 1 atom stereocenters. The van der Waals surface area contributed by atoms with Gasteiger partial charge in [-0.05, 0) is 25.0 Å². The first-order valence-corrected chi connectivity index (χ1v) is 8.21. The largest absolute Gasteiger partial charge is 0.361 e. The third kappa shape index (κ3) is 2.36. The van der Waals surface area contributed by atoms with E-state index in [1.54, 1.807) is 16.8 Å². The topological polar surface area (TPSA) is 76.5 Å². The van der Waals surface area contributed by atoms with Gasteiger partial charge < -0.3 is 9.42 Å². The Hall–Kier alpha value is -2.70. The van der Waals surface area contributed by atoms with Gasteiger partial charge in [-0.15, -0.1) is 10.2 Å². The van der Waals surface area contributed by atoms with Crippen LogP contribution in [0.4, 0.5) is 0 Å². The number of rotatable bonds is 3. The van der Waals surface area contributed by atoms with Crippen molar-refractivity contribution in [3.05, 3.63) is 47.7 Å². The summed E-state index contributed by atoms with van der Waals surface area (Å²) in [6, 6.07) is 5.56. The molecule has 1 fully saturated rings. The van der Waals surface area contributed by atoms with Gasteiger partial charge in [-0.2, -0.15) is 0 Å². The van der Waals surface area contributed by atoms with Gasteiger partial charge in [0.15, 0.2) is 5.65 Å². The summed E-state index contributed by atoms with van der Waals surface area (Å²) in [4.78, 5) is 14.9. The predicted molar refractivity (Wildman–Crippen MR) is 86.6 cm³/mol. The second-order valence-electron chi connectivity index (χ2n) is 6.45. The van der Waals surface area contributed by atoms with Crippen LogP contribution in [-0.4, -0.2) is 37.1 Å². The second kappa shape index (κ2) is 5.74. The number of carbonyl (C=O) groups is 1. The third-order valence-corrected chi connectivity index (χ3v) is 4.52. The number of hydrogen-bond donors (Lipinski definition) is 0. The van der Waals surface area contributed by atoms with Crippen LogP contribution < -0.4 is 0 Å². The molecule has 0 aromatic carbocycles. The molecule has 1 saturated heterocycles. The lowest BCUT2D eigenvalue weighted by atomic mass is 10.1. The van der Waals surface area contributed by atoms with Crippen molar-refractivity contribution in [3.8, 4) is 0 Å². The van der Waals surface area contributed by atoms with Crippen molar-refractivity contribution < 1.29 is 9.32 Å². The minimum atomic E-state index is -0.0445. The number of hydrogen-bond acceptors (Lipinski definition) is 5. The van der Waals surface area contributed by atoms with Crippen LogP contribution in [0.2, 0.25) is 0 Å². The van der Waals surface area contributed by atoms with Gasteiger partial charge in [0.1, 0.15) is 17.8 Å². The highest BCUT2D eigenvalue weighted by molar-refractivity contribution is 6.00. The van der Waals surface area contributed by atoms with Crippen molar-refractivity contribution in [1.82, 2.24) is 24.7 Å². The molecule has 0 N–H and O–H groups in total. The first-order valence-electron chi connectivity index (χ1n) is 8.21. The van der Waals surface area contributed by atoms with E-state index in [4.69, 9.17) is 4.52 Å². The van der Waals surface area contributed by atoms with Crippen LogP contribution >= 0.6 is 0 Å². The van der Waals surface area contributed by atoms with Crippen LogP contribution in [0.3, 0.4) is 0 Å². The van der Waals surface area contributed by atoms with E-state index in [1.165, 1.54) is 0 Å². The first kappa shape index (κ1) is 14.9. The van der Waals surface area contributed by atoms with E-state index in [1.807, 2.05) is 23.2 Å². The molecule has 1 unspecified atom stereocenters. The maximum atomic E-state index is 13.1. The third-order valence-electron chi connectivity index (χ3n) is 4.52. The minimum absolute atomic E-state index is 0.0369. The summed E-state index contributed by atoms with van der Waals surface area (Å²) >= 11 is 0. The maximum absolute atomic E-state index is 13.1. The second-order valence-corrected chi connectivity index (χ2v) is 6.45. The highest BCUT2D eigenvalue weighted by Gasteiger charge is 2.34. The summed E-state index contributed by atoms with van der Waals surface area (Å²) in [6.07, 6.45) is 5.28. The van der Waals surface area contributed by atoms with Crippen molar-refractivity contribution >= 4 is 11.6 Å². The summed E-state index contributed by atoms with van der Waals surface area (Å²) in [5.74, 6) is 1.09. The molecule has 3 aromatic heterocycles. The first-order chi connectivity index (χ1) is 11.6. The average molecular weight is 325 g/mol. The standard InChI is InChI=1S/C17H19N5O2/c1-11(2)15-9-13(20-24-15)14-6-4-8-22(14)17(23)12-5-3-7-21-10-18-19-16(12)21/h3,5,7,9-11,14H,4,6,8H2,1-2H3. The van der Waals surface area contributed by atoms with E-state index in [0.29, 0.717) is 17.8 Å². The van der Waals surface area contributed by atoms with Gasteiger partial charge in [-0.25, -0.2) is 0 Å². The smallest absolute Gasteiger partial charge is 0.258 e. The maximum Gasteiger partial charge on any atom is 0.258 e. The number of carbonyl (C=O) groups excluding carboxylic acids is 1. The summed E-state index contributed by atoms with van der Waals surface area (Å²) < 4.78 is 7.17. The quantitative estimate of drug-likeness (QED) is 0.740. The summed E-state index contributed by atoms with van der Waals surface area (Å²) in [5.41, 5.74) is 1.98. The number of aromatic nitrogens is 4. The van der Waals surface area contributed by atoms with Crippen LogP contribution in [0.15, 0.2) is 35.2 Å². The Morgan fingerprint density at radius 1 is 1.42 bits per heavy atom. The lowest BCUT2D eigenvalue weighted by Gasteiger charge is -2.23. The summed E-state index contributed by atoms with van der Waals surface area (Å²) in [5, 5.41) is 12.1. The molecule has 4 heterocycles. The van der Waals surface area contributed by atoms with Crippen LogP contribution in [0.25, 0.3) is 5.65 Å². The Morgan fingerprint density at radius 3 is 3.08 bits per heavy atom. The molecule has 7 heteroatoms. The minimum Gasteiger partial charge on any atom is -0.361 e. The van der Waals surface area contributed by atoms with Crippen molar-refractivity contribution in [2.75, 3.05) is 6.54 Å². The fourth-order valence-corrected chi connectivity index (χ4v) is 3.22. The Balaban J connectivity index is 1.67. The summed E-state index contributed by atoms with van der Waals surface area (Å²) in [7, 11) is 0. The molecule has 124 valence electrons. The van der Waals surface area contributed by atoms with Gasteiger partial charge in [0.2, 0.25) is 0 Å². The molecule has 4 rings (SSSR count). The Kier molecular flexibility index (Phi) is 3.55. The van der Waals surface area contributed by atoms with Crippen LogP contribution in [0.1, 0.15) is 60.5 Å². The lowest BCUT2D eigenvalue weighted by molar-refractivity contribution is 0.0732. The normalized spacial score (nSPS) is 18.0. The fraction of sp³-hybridized carbons (Fsp3) is 0.412. The van der Waals surface area contributed by atoms with Crippen molar-refractivity contribution in [2.24, 2.45) is 0 Å². The SMILES string of the molecule is CC(C)c1cc(C2CCCN2C(=O)c2cccn3cnnc23)no1. The van der Waals surface area contributed by atoms with Gasteiger partial charge in [-0.1, -0.05) is 19.0 Å². The van der Waals surface area contributed by atoms with Gasteiger partial charge in [0.05, 0.1) is 11.6 Å². The number of nitrogens with zero attached hydrogens (tertiary/aromatic N) is 5. The molecule has 0 saturated carbocycles. The molecule has 24 heavy (non-hydrogen) atoms. The molecular weight excluding hydrogens is 306 g/mol. The molecular formula is C17H19N5O2. The van der Waals surface area contributed by atoms with Crippen molar-refractivity contribution in [1.29, 1.82) is 0 Å². The molecule has 1 aliphatic heterocycles. The van der Waals surface area contributed by atoms with Gasteiger partial charge >= 0.3 is 0 Å². The molecule has 7 nitrogen and oxygen atoms in total. The molecule has 0 spiro atoms. The fourth-order valence-electron chi connectivity index (χ4n) is 3.22. The highest BCUT2D eigenvalue weighted by atomic mass is 16.5. The predicted octanol–water partition coefficient (Wildman–Crippen LogP) is 2.82. The lowest BCUT2D eigenvalue weighted by Crippen LogP contribution is -2.31. The Labute approximate surface area is 139 Å². The molecule has 3 aromatic rings. The van der Waals surface area contributed by atoms with Crippen molar-refractivity contribution in [3.63, 3.8) is 0 Å². The van der Waals surface area contributed by atoms with Crippen LogP contribution in [0.5, 0.6) is 0 Å².